The van der Waals surface area contributed by atoms with Crippen LogP contribution in [0.2, 0.25) is 0 Å². The molecular formula is C17H15N3O2. The highest BCUT2D eigenvalue weighted by Crippen LogP contribution is 2.26. The van der Waals surface area contributed by atoms with Gasteiger partial charge in [0.15, 0.2) is 5.82 Å². The van der Waals surface area contributed by atoms with Crippen LogP contribution in [-0.4, -0.2) is 25.8 Å². The van der Waals surface area contributed by atoms with Gasteiger partial charge in [-0.1, -0.05) is 29.8 Å². The van der Waals surface area contributed by atoms with E-state index in [-0.39, 0.29) is 5.56 Å². The smallest absolute Gasteiger partial charge is 0.335 e. The SMILES string of the molecule is Cc1ccc(-c2c(C)cnn2-c2cc(C(=O)O)ccn2)cc1. The summed E-state index contributed by atoms with van der Waals surface area (Å²) in [7, 11) is 0. The summed E-state index contributed by atoms with van der Waals surface area (Å²) >= 11 is 0. The molecule has 3 rings (SSSR count). The van der Waals surface area contributed by atoms with Crippen LogP contribution in [0.25, 0.3) is 17.1 Å². The second kappa shape index (κ2) is 5.44. The first kappa shape index (κ1) is 14.0. The number of benzene rings is 1. The molecule has 0 spiro atoms. The molecule has 0 radical (unpaired) electrons. The summed E-state index contributed by atoms with van der Waals surface area (Å²) in [5, 5.41) is 13.5. The van der Waals surface area contributed by atoms with Crippen LogP contribution in [-0.2, 0) is 0 Å². The quantitative estimate of drug-likeness (QED) is 0.805. The number of aromatic nitrogens is 3. The molecule has 1 N–H and O–H groups in total. The number of carboxylic acid groups (broad SMARTS) is 1. The summed E-state index contributed by atoms with van der Waals surface area (Å²) in [5.41, 5.74) is 4.30. The Morgan fingerprint density at radius 1 is 1.14 bits per heavy atom. The summed E-state index contributed by atoms with van der Waals surface area (Å²) < 4.78 is 1.67. The fraction of sp³-hybridized carbons (Fsp3) is 0.118. The maximum atomic E-state index is 11.1. The third-order valence-electron chi connectivity index (χ3n) is 3.49. The molecule has 5 nitrogen and oxygen atoms in total. The fourth-order valence-corrected chi connectivity index (χ4v) is 2.33. The molecule has 0 atom stereocenters. The number of aromatic carboxylic acids is 1. The second-order valence-corrected chi connectivity index (χ2v) is 5.16. The standard InChI is InChI=1S/C17H15N3O2/c1-11-3-5-13(6-4-11)16-12(2)10-19-20(16)15-9-14(17(21)22)7-8-18-15/h3-10H,1-2H3,(H,21,22). The first-order chi connectivity index (χ1) is 10.6. The summed E-state index contributed by atoms with van der Waals surface area (Å²) in [4.78, 5) is 15.4. The van der Waals surface area contributed by atoms with E-state index in [1.54, 1.807) is 10.9 Å². The summed E-state index contributed by atoms with van der Waals surface area (Å²) in [6.45, 7) is 4.01. The molecule has 110 valence electrons. The van der Waals surface area contributed by atoms with Gasteiger partial charge in [-0.25, -0.2) is 14.5 Å². The van der Waals surface area contributed by atoms with Crippen LogP contribution in [0.1, 0.15) is 21.5 Å². The second-order valence-electron chi connectivity index (χ2n) is 5.16. The van der Waals surface area contributed by atoms with Gasteiger partial charge in [0.25, 0.3) is 0 Å². The Kier molecular flexibility index (Phi) is 3.47. The molecule has 0 aliphatic rings. The van der Waals surface area contributed by atoms with Gasteiger partial charge in [0.1, 0.15) is 0 Å². The van der Waals surface area contributed by atoms with Gasteiger partial charge in [-0.15, -0.1) is 0 Å². The lowest BCUT2D eigenvalue weighted by atomic mass is 10.1. The third kappa shape index (κ3) is 2.48. The van der Waals surface area contributed by atoms with Gasteiger partial charge < -0.3 is 5.11 Å². The van der Waals surface area contributed by atoms with Crippen LogP contribution in [0.3, 0.4) is 0 Å². The van der Waals surface area contributed by atoms with Crippen molar-refractivity contribution in [3.8, 4) is 17.1 Å². The van der Waals surface area contributed by atoms with E-state index in [1.807, 2.05) is 38.1 Å². The van der Waals surface area contributed by atoms with Gasteiger partial charge in [-0.05, 0) is 31.5 Å². The van der Waals surface area contributed by atoms with Crippen molar-refractivity contribution in [1.29, 1.82) is 0 Å². The largest absolute Gasteiger partial charge is 0.478 e. The molecule has 0 unspecified atom stereocenters. The van der Waals surface area contributed by atoms with Crippen molar-refractivity contribution >= 4 is 5.97 Å². The number of hydrogen-bond acceptors (Lipinski definition) is 3. The monoisotopic (exact) mass is 293 g/mol. The maximum Gasteiger partial charge on any atom is 0.335 e. The number of aryl methyl sites for hydroxylation is 2. The topological polar surface area (TPSA) is 68.0 Å². The highest BCUT2D eigenvalue weighted by Gasteiger charge is 2.14. The van der Waals surface area contributed by atoms with Gasteiger partial charge in [-0.3, -0.25) is 0 Å². The van der Waals surface area contributed by atoms with Crippen LogP contribution in [0.5, 0.6) is 0 Å². The minimum Gasteiger partial charge on any atom is -0.478 e. The minimum absolute atomic E-state index is 0.188. The van der Waals surface area contributed by atoms with E-state index in [1.165, 1.54) is 23.9 Å². The molecule has 2 heterocycles. The van der Waals surface area contributed by atoms with Crippen LogP contribution >= 0.6 is 0 Å². The average Bonchev–Trinajstić information content (AvgIpc) is 2.90. The predicted octanol–water partition coefficient (Wildman–Crippen LogP) is 3.25. The molecule has 2 aromatic heterocycles. The van der Waals surface area contributed by atoms with Crippen molar-refractivity contribution < 1.29 is 9.90 Å². The number of carboxylic acids is 1. The molecule has 0 fully saturated rings. The number of carbonyl (C=O) groups is 1. The Balaban J connectivity index is 2.15. The average molecular weight is 293 g/mol. The van der Waals surface area contributed by atoms with E-state index < -0.39 is 5.97 Å². The van der Waals surface area contributed by atoms with E-state index in [0.717, 1.165) is 16.8 Å². The molecule has 0 amide bonds. The third-order valence-corrected chi connectivity index (χ3v) is 3.49. The number of hydrogen-bond donors (Lipinski definition) is 1. The lowest BCUT2D eigenvalue weighted by Gasteiger charge is -2.09. The van der Waals surface area contributed by atoms with Crippen LogP contribution < -0.4 is 0 Å². The molecule has 3 aromatic rings. The zero-order chi connectivity index (χ0) is 15.7. The van der Waals surface area contributed by atoms with Crippen molar-refractivity contribution in [2.45, 2.75) is 13.8 Å². The van der Waals surface area contributed by atoms with E-state index in [0.29, 0.717) is 5.82 Å². The van der Waals surface area contributed by atoms with Crippen molar-refractivity contribution in [2.24, 2.45) is 0 Å². The Morgan fingerprint density at radius 2 is 1.86 bits per heavy atom. The molecule has 0 bridgehead atoms. The molecule has 0 aliphatic carbocycles. The zero-order valence-corrected chi connectivity index (χ0v) is 12.3. The van der Waals surface area contributed by atoms with Gasteiger partial charge in [0.2, 0.25) is 0 Å². The van der Waals surface area contributed by atoms with Crippen molar-refractivity contribution in [1.82, 2.24) is 14.8 Å². The first-order valence-electron chi connectivity index (χ1n) is 6.87. The first-order valence-corrected chi connectivity index (χ1v) is 6.87. The van der Waals surface area contributed by atoms with E-state index in [9.17, 15) is 4.79 Å². The maximum absolute atomic E-state index is 11.1. The number of pyridine rings is 1. The highest BCUT2D eigenvalue weighted by atomic mass is 16.4. The molecule has 5 heteroatoms. The molecule has 0 saturated carbocycles. The molecule has 1 aromatic carbocycles. The van der Waals surface area contributed by atoms with Crippen LogP contribution in [0, 0.1) is 13.8 Å². The van der Waals surface area contributed by atoms with Crippen molar-refractivity contribution in [3.05, 3.63) is 65.5 Å². The highest BCUT2D eigenvalue weighted by molar-refractivity contribution is 5.88. The molecular weight excluding hydrogens is 278 g/mol. The summed E-state index contributed by atoms with van der Waals surface area (Å²) in [5.74, 6) is -0.493. The van der Waals surface area contributed by atoms with Gasteiger partial charge >= 0.3 is 5.97 Å². The fourth-order valence-electron chi connectivity index (χ4n) is 2.33. The van der Waals surface area contributed by atoms with Gasteiger partial charge in [0, 0.05) is 11.8 Å². The minimum atomic E-state index is -0.982. The summed E-state index contributed by atoms with van der Waals surface area (Å²) in [6.07, 6.45) is 3.24. The Labute approximate surface area is 127 Å². The van der Waals surface area contributed by atoms with E-state index >= 15 is 0 Å². The predicted molar refractivity (Wildman–Crippen MR) is 83.2 cm³/mol. The van der Waals surface area contributed by atoms with Crippen LogP contribution in [0.4, 0.5) is 0 Å². The lowest BCUT2D eigenvalue weighted by Crippen LogP contribution is -2.05. The molecule has 22 heavy (non-hydrogen) atoms. The lowest BCUT2D eigenvalue weighted by molar-refractivity contribution is 0.0696. The van der Waals surface area contributed by atoms with Crippen molar-refractivity contribution in [2.75, 3.05) is 0 Å². The van der Waals surface area contributed by atoms with Gasteiger partial charge in [0.05, 0.1) is 17.5 Å². The summed E-state index contributed by atoms with van der Waals surface area (Å²) in [6, 6.07) is 11.1. The Bertz CT molecular complexity index is 835. The normalized spacial score (nSPS) is 10.6. The van der Waals surface area contributed by atoms with Crippen LogP contribution in [0.15, 0.2) is 48.8 Å². The van der Waals surface area contributed by atoms with Crippen molar-refractivity contribution in [3.63, 3.8) is 0 Å². The van der Waals surface area contributed by atoms with E-state index in [4.69, 9.17) is 5.11 Å². The zero-order valence-electron chi connectivity index (χ0n) is 12.3. The molecule has 0 saturated heterocycles. The van der Waals surface area contributed by atoms with E-state index in [2.05, 4.69) is 10.1 Å². The molecule has 0 aliphatic heterocycles. The van der Waals surface area contributed by atoms with Gasteiger partial charge in [-0.2, -0.15) is 5.10 Å². The number of nitrogens with zero attached hydrogens (tertiary/aromatic N) is 3. The Hall–Kier alpha value is -2.95. The number of rotatable bonds is 3. The Morgan fingerprint density at radius 3 is 2.55 bits per heavy atom.